The first-order valence-electron chi connectivity index (χ1n) is 11.0. The van der Waals surface area contributed by atoms with Crippen LogP contribution in [0.1, 0.15) is 51.9 Å². The molecule has 0 aliphatic carbocycles. The van der Waals surface area contributed by atoms with Crippen molar-refractivity contribution in [2.24, 2.45) is 0 Å². The summed E-state index contributed by atoms with van der Waals surface area (Å²) in [4.78, 5) is 14.7. The van der Waals surface area contributed by atoms with Crippen molar-refractivity contribution in [2.75, 3.05) is 43.8 Å². The third-order valence-corrected chi connectivity index (χ3v) is 6.88. The van der Waals surface area contributed by atoms with E-state index in [1.807, 2.05) is 0 Å². The highest BCUT2D eigenvalue weighted by atomic mass is 32.2. The van der Waals surface area contributed by atoms with E-state index >= 15 is 0 Å². The van der Waals surface area contributed by atoms with E-state index < -0.39 is 10.0 Å². The molecule has 1 amide bonds. The number of methoxy groups -OCH3 is 1. The van der Waals surface area contributed by atoms with Crippen LogP contribution in [-0.4, -0.2) is 64.8 Å². The number of carbonyl (C=O) groups is 1. The first kappa shape index (κ1) is 24.5. The van der Waals surface area contributed by atoms with Crippen molar-refractivity contribution < 1.29 is 17.9 Å². The van der Waals surface area contributed by atoms with Gasteiger partial charge in [-0.05, 0) is 62.9 Å². The Bertz CT molecular complexity index is 752. The number of anilines is 1. The van der Waals surface area contributed by atoms with E-state index in [1.165, 1.54) is 42.8 Å². The molecule has 1 saturated heterocycles. The van der Waals surface area contributed by atoms with E-state index in [9.17, 15) is 13.2 Å². The van der Waals surface area contributed by atoms with Gasteiger partial charge < -0.3 is 15.0 Å². The molecule has 1 aliphatic heterocycles. The molecule has 1 aromatic rings. The van der Waals surface area contributed by atoms with Crippen LogP contribution in [0.15, 0.2) is 24.3 Å². The summed E-state index contributed by atoms with van der Waals surface area (Å²) < 4.78 is 30.8. The zero-order valence-corrected chi connectivity index (χ0v) is 19.4. The van der Waals surface area contributed by atoms with Gasteiger partial charge in [0, 0.05) is 32.1 Å². The molecule has 1 aromatic carbocycles. The van der Waals surface area contributed by atoms with Crippen LogP contribution in [0.2, 0.25) is 0 Å². The highest BCUT2D eigenvalue weighted by molar-refractivity contribution is 7.92. The van der Waals surface area contributed by atoms with Crippen molar-refractivity contribution in [1.82, 2.24) is 10.2 Å². The molecule has 170 valence electrons. The standard InChI is InChI=1S/C22H37N3O4S/c1-4-19-9-5-6-16-24(19)17-8-15-23-22(26)10-7-18-25(30(3,27)28)20-11-13-21(29-2)14-12-20/h11-14,19H,4-10,15-18H2,1-3H3,(H,23,26)/t19-/m1/s1. The molecule has 0 aromatic heterocycles. The van der Waals surface area contributed by atoms with Gasteiger partial charge in [-0.1, -0.05) is 13.3 Å². The number of nitrogens with zero attached hydrogens (tertiary/aromatic N) is 2. The van der Waals surface area contributed by atoms with Gasteiger partial charge in [-0.15, -0.1) is 0 Å². The van der Waals surface area contributed by atoms with E-state index in [0.717, 1.165) is 13.0 Å². The lowest BCUT2D eigenvalue weighted by Crippen LogP contribution is -2.40. The Labute approximate surface area is 181 Å². The average Bonchev–Trinajstić information content (AvgIpc) is 2.74. The van der Waals surface area contributed by atoms with Crippen LogP contribution in [-0.2, 0) is 14.8 Å². The fourth-order valence-electron chi connectivity index (χ4n) is 4.03. The van der Waals surface area contributed by atoms with E-state index in [-0.39, 0.29) is 12.5 Å². The molecule has 0 bridgehead atoms. The predicted molar refractivity (Wildman–Crippen MR) is 122 cm³/mol. The van der Waals surface area contributed by atoms with Gasteiger partial charge in [0.1, 0.15) is 5.75 Å². The molecule has 2 rings (SSSR count). The Hall–Kier alpha value is -1.80. The number of benzene rings is 1. The number of hydrogen-bond donors (Lipinski definition) is 1. The van der Waals surface area contributed by atoms with E-state index in [4.69, 9.17) is 4.74 Å². The number of likely N-dealkylation sites (tertiary alicyclic amines) is 1. The van der Waals surface area contributed by atoms with Gasteiger partial charge in [-0.3, -0.25) is 9.10 Å². The lowest BCUT2D eigenvalue weighted by molar-refractivity contribution is -0.121. The lowest BCUT2D eigenvalue weighted by Gasteiger charge is -2.35. The Balaban J connectivity index is 1.72. The minimum atomic E-state index is -3.42. The largest absolute Gasteiger partial charge is 0.497 e. The molecular formula is C22H37N3O4S. The van der Waals surface area contributed by atoms with Crippen LogP contribution < -0.4 is 14.4 Å². The molecular weight excluding hydrogens is 402 g/mol. The molecule has 7 nitrogen and oxygen atoms in total. The lowest BCUT2D eigenvalue weighted by atomic mass is 10.00. The number of carbonyl (C=O) groups excluding carboxylic acids is 1. The van der Waals surface area contributed by atoms with E-state index in [1.54, 1.807) is 31.4 Å². The van der Waals surface area contributed by atoms with Gasteiger partial charge in [0.25, 0.3) is 0 Å². The SMILES string of the molecule is CC[C@@H]1CCCCN1CCCNC(=O)CCCN(c1ccc(OC)cc1)S(C)(=O)=O. The average molecular weight is 440 g/mol. The van der Waals surface area contributed by atoms with Crippen LogP contribution in [0.3, 0.4) is 0 Å². The first-order valence-corrected chi connectivity index (χ1v) is 12.8. The fraction of sp³-hybridized carbons (Fsp3) is 0.682. The van der Waals surface area contributed by atoms with E-state index in [0.29, 0.717) is 36.9 Å². The van der Waals surface area contributed by atoms with Gasteiger partial charge in [0.15, 0.2) is 0 Å². The highest BCUT2D eigenvalue weighted by Gasteiger charge is 2.20. The number of ether oxygens (including phenoxy) is 1. The summed E-state index contributed by atoms with van der Waals surface area (Å²) in [7, 11) is -1.86. The molecule has 1 aliphatic rings. The summed E-state index contributed by atoms with van der Waals surface area (Å²) in [5, 5.41) is 2.97. The van der Waals surface area contributed by atoms with Crippen LogP contribution in [0, 0.1) is 0 Å². The topological polar surface area (TPSA) is 79.0 Å². The number of piperidine rings is 1. The second-order valence-corrected chi connectivity index (χ2v) is 9.84. The Morgan fingerprint density at radius 3 is 2.60 bits per heavy atom. The Morgan fingerprint density at radius 2 is 1.97 bits per heavy atom. The molecule has 0 spiro atoms. The van der Waals surface area contributed by atoms with Gasteiger partial charge >= 0.3 is 0 Å². The number of hydrogen-bond acceptors (Lipinski definition) is 5. The van der Waals surface area contributed by atoms with Gasteiger partial charge in [-0.25, -0.2) is 8.42 Å². The zero-order chi connectivity index (χ0) is 22.0. The Morgan fingerprint density at radius 1 is 1.23 bits per heavy atom. The number of sulfonamides is 1. The first-order chi connectivity index (χ1) is 14.3. The van der Waals surface area contributed by atoms with Crippen LogP contribution in [0.4, 0.5) is 5.69 Å². The molecule has 1 N–H and O–H groups in total. The third-order valence-electron chi connectivity index (χ3n) is 5.69. The summed E-state index contributed by atoms with van der Waals surface area (Å²) in [6.45, 7) is 5.37. The normalized spacial score (nSPS) is 17.5. The van der Waals surface area contributed by atoms with Crippen molar-refractivity contribution in [2.45, 2.75) is 57.9 Å². The summed E-state index contributed by atoms with van der Waals surface area (Å²) in [5.74, 6) is 0.644. The highest BCUT2D eigenvalue weighted by Crippen LogP contribution is 2.22. The predicted octanol–water partition coefficient (Wildman–Crippen LogP) is 3.01. The summed E-state index contributed by atoms with van der Waals surface area (Å²) in [5.41, 5.74) is 0.575. The Kier molecular flexibility index (Phi) is 9.91. The van der Waals surface area contributed by atoms with Crippen LogP contribution in [0.5, 0.6) is 5.75 Å². The number of amides is 1. The molecule has 1 atom stereocenters. The molecule has 0 radical (unpaired) electrons. The number of rotatable bonds is 12. The maximum Gasteiger partial charge on any atom is 0.232 e. The molecule has 30 heavy (non-hydrogen) atoms. The van der Waals surface area contributed by atoms with E-state index in [2.05, 4.69) is 17.1 Å². The molecule has 1 fully saturated rings. The van der Waals surface area contributed by atoms with Gasteiger partial charge in [0.2, 0.25) is 15.9 Å². The summed E-state index contributed by atoms with van der Waals surface area (Å²) >= 11 is 0. The van der Waals surface area contributed by atoms with Crippen LogP contribution in [0.25, 0.3) is 0 Å². The molecule has 0 unspecified atom stereocenters. The maximum absolute atomic E-state index is 12.2. The summed E-state index contributed by atoms with van der Waals surface area (Å²) in [6, 6.07) is 7.57. The monoisotopic (exact) mass is 439 g/mol. The molecule has 1 heterocycles. The number of nitrogens with one attached hydrogen (secondary N) is 1. The summed E-state index contributed by atoms with van der Waals surface area (Å²) in [6.07, 6.45) is 7.98. The van der Waals surface area contributed by atoms with Gasteiger partial charge in [-0.2, -0.15) is 0 Å². The van der Waals surface area contributed by atoms with Crippen molar-refractivity contribution in [3.8, 4) is 5.75 Å². The van der Waals surface area contributed by atoms with Crippen LogP contribution >= 0.6 is 0 Å². The second kappa shape index (κ2) is 12.2. The smallest absolute Gasteiger partial charge is 0.232 e. The van der Waals surface area contributed by atoms with Crippen molar-refractivity contribution in [1.29, 1.82) is 0 Å². The minimum Gasteiger partial charge on any atom is -0.497 e. The zero-order valence-electron chi connectivity index (χ0n) is 18.6. The molecule has 0 saturated carbocycles. The third kappa shape index (κ3) is 7.80. The van der Waals surface area contributed by atoms with Crippen molar-refractivity contribution in [3.05, 3.63) is 24.3 Å². The maximum atomic E-state index is 12.2. The van der Waals surface area contributed by atoms with Gasteiger partial charge in [0.05, 0.1) is 19.1 Å². The molecule has 8 heteroatoms. The second-order valence-electron chi connectivity index (χ2n) is 7.93. The van der Waals surface area contributed by atoms with Crippen molar-refractivity contribution in [3.63, 3.8) is 0 Å². The van der Waals surface area contributed by atoms with Crippen molar-refractivity contribution >= 4 is 21.6 Å². The quantitative estimate of drug-likeness (QED) is 0.507. The minimum absolute atomic E-state index is 0.0242. The fourth-order valence-corrected chi connectivity index (χ4v) is 5.00.